The predicted molar refractivity (Wildman–Crippen MR) is 73.7 cm³/mol. The van der Waals surface area contributed by atoms with Crippen LogP contribution < -0.4 is 10.6 Å². The number of thiazole rings is 1. The van der Waals surface area contributed by atoms with Gasteiger partial charge in [0.05, 0.1) is 10.2 Å². The van der Waals surface area contributed by atoms with Crippen LogP contribution in [-0.4, -0.2) is 34.3 Å². The molecule has 0 saturated carbocycles. The van der Waals surface area contributed by atoms with E-state index in [0.29, 0.717) is 11.1 Å². The van der Waals surface area contributed by atoms with Crippen LogP contribution in [0.15, 0.2) is 18.2 Å². The van der Waals surface area contributed by atoms with Crippen LogP contribution in [0.25, 0.3) is 21.6 Å². The maximum Gasteiger partial charge on any atom is 0.244 e. The second kappa shape index (κ2) is 3.95. The van der Waals surface area contributed by atoms with E-state index in [0.717, 1.165) is 21.6 Å². The zero-order valence-corrected chi connectivity index (χ0v) is 10.8. The molecule has 2 heterocycles. The van der Waals surface area contributed by atoms with Crippen molar-refractivity contribution in [2.75, 3.05) is 24.7 Å². The van der Waals surface area contributed by atoms with Gasteiger partial charge in [-0.15, -0.1) is 5.10 Å². The molecule has 0 saturated heterocycles. The van der Waals surface area contributed by atoms with Crippen molar-refractivity contribution in [1.82, 2.24) is 20.2 Å². The normalized spacial score (nSPS) is 11.0. The molecule has 0 aliphatic rings. The number of rotatable bonds is 2. The average molecular weight is 260 g/mol. The quantitative estimate of drug-likeness (QED) is 0.733. The van der Waals surface area contributed by atoms with Gasteiger partial charge in [-0.2, -0.15) is 4.98 Å². The number of nitrogens with zero attached hydrogens (tertiary/aromatic N) is 4. The Balaban J connectivity index is 2.06. The van der Waals surface area contributed by atoms with E-state index >= 15 is 0 Å². The summed E-state index contributed by atoms with van der Waals surface area (Å²) in [4.78, 5) is 10.5. The van der Waals surface area contributed by atoms with E-state index in [4.69, 9.17) is 5.73 Å². The molecule has 0 fully saturated rings. The molecular weight excluding hydrogens is 248 g/mol. The molecule has 3 aromatic rings. The monoisotopic (exact) mass is 260 g/mol. The Morgan fingerprint density at radius 1 is 1.28 bits per heavy atom. The van der Waals surface area contributed by atoms with E-state index in [2.05, 4.69) is 20.2 Å². The highest BCUT2D eigenvalue weighted by atomic mass is 32.1. The maximum atomic E-state index is 5.69. The Morgan fingerprint density at radius 3 is 2.83 bits per heavy atom. The molecule has 1 aromatic carbocycles. The van der Waals surface area contributed by atoms with Crippen molar-refractivity contribution in [3.8, 4) is 11.4 Å². The first-order valence-electron chi connectivity index (χ1n) is 5.39. The number of nitrogens with one attached hydrogen (secondary N) is 1. The van der Waals surface area contributed by atoms with Gasteiger partial charge >= 0.3 is 0 Å². The smallest absolute Gasteiger partial charge is 0.244 e. The summed E-state index contributed by atoms with van der Waals surface area (Å²) in [5, 5.41) is 7.63. The summed E-state index contributed by atoms with van der Waals surface area (Å²) in [7, 11) is 3.81. The fraction of sp³-hybridized carbons (Fsp3) is 0.182. The summed E-state index contributed by atoms with van der Waals surface area (Å²) >= 11 is 1.47. The summed E-state index contributed by atoms with van der Waals surface area (Å²) in [5.41, 5.74) is 7.58. The molecule has 0 bridgehead atoms. The molecule has 0 aliphatic carbocycles. The Bertz CT molecular complexity index is 698. The van der Waals surface area contributed by atoms with Crippen LogP contribution in [0, 0.1) is 0 Å². The van der Waals surface area contributed by atoms with E-state index in [1.165, 1.54) is 11.3 Å². The third-order valence-corrected chi connectivity index (χ3v) is 3.40. The molecule has 7 heteroatoms. The van der Waals surface area contributed by atoms with Gasteiger partial charge in [0.1, 0.15) is 0 Å². The van der Waals surface area contributed by atoms with Gasteiger partial charge in [0.25, 0.3) is 0 Å². The third kappa shape index (κ3) is 1.78. The molecule has 18 heavy (non-hydrogen) atoms. The number of benzene rings is 1. The van der Waals surface area contributed by atoms with Crippen molar-refractivity contribution < 1.29 is 0 Å². The Morgan fingerprint density at radius 2 is 2.11 bits per heavy atom. The van der Waals surface area contributed by atoms with Crippen molar-refractivity contribution in [1.29, 1.82) is 0 Å². The van der Waals surface area contributed by atoms with Gasteiger partial charge in [0, 0.05) is 19.7 Å². The van der Waals surface area contributed by atoms with Crippen LogP contribution in [0.2, 0.25) is 0 Å². The summed E-state index contributed by atoms with van der Waals surface area (Å²) in [6.07, 6.45) is 0. The van der Waals surface area contributed by atoms with Crippen molar-refractivity contribution >= 4 is 32.6 Å². The minimum atomic E-state index is 0.578. The summed E-state index contributed by atoms with van der Waals surface area (Å²) in [6, 6.07) is 5.92. The first kappa shape index (κ1) is 11.0. The number of aromatic nitrogens is 4. The number of nitrogen functional groups attached to an aromatic ring is 1. The highest BCUT2D eigenvalue weighted by molar-refractivity contribution is 7.22. The highest BCUT2D eigenvalue weighted by Crippen LogP contribution is 2.28. The molecule has 0 radical (unpaired) electrons. The molecule has 0 aliphatic heterocycles. The number of aromatic amines is 1. The van der Waals surface area contributed by atoms with E-state index < -0.39 is 0 Å². The molecular formula is C11H12N6S. The lowest BCUT2D eigenvalue weighted by Gasteiger charge is -2.03. The van der Waals surface area contributed by atoms with Gasteiger partial charge in [0.2, 0.25) is 5.95 Å². The summed E-state index contributed by atoms with van der Waals surface area (Å²) < 4.78 is 1.05. The highest BCUT2D eigenvalue weighted by Gasteiger charge is 2.09. The van der Waals surface area contributed by atoms with E-state index in [1.54, 1.807) is 0 Å². The lowest BCUT2D eigenvalue weighted by atomic mass is 10.2. The average Bonchev–Trinajstić information content (AvgIpc) is 2.91. The van der Waals surface area contributed by atoms with Gasteiger partial charge in [-0.1, -0.05) is 11.3 Å². The molecule has 92 valence electrons. The zero-order chi connectivity index (χ0) is 12.7. The maximum absolute atomic E-state index is 5.69. The van der Waals surface area contributed by atoms with Gasteiger partial charge in [-0.25, -0.2) is 4.98 Å². The summed E-state index contributed by atoms with van der Waals surface area (Å²) in [5.74, 6) is 1.40. The van der Waals surface area contributed by atoms with Gasteiger partial charge in [0.15, 0.2) is 11.0 Å². The SMILES string of the molecule is CN(C)c1n[nH]c(-c2ccc3nc(N)sc3c2)n1. The van der Waals surface area contributed by atoms with Crippen LogP contribution in [0.3, 0.4) is 0 Å². The van der Waals surface area contributed by atoms with Gasteiger partial charge < -0.3 is 10.6 Å². The number of nitrogens with two attached hydrogens (primary N) is 1. The number of H-pyrrole nitrogens is 1. The van der Waals surface area contributed by atoms with Crippen molar-refractivity contribution in [2.24, 2.45) is 0 Å². The largest absolute Gasteiger partial charge is 0.375 e. The van der Waals surface area contributed by atoms with Crippen LogP contribution in [0.5, 0.6) is 0 Å². The topological polar surface area (TPSA) is 83.7 Å². The summed E-state index contributed by atoms with van der Waals surface area (Å²) in [6.45, 7) is 0. The standard InChI is InChI=1S/C11H12N6S/c1-17(2)11-14-9(15-16-11)6-3-4-7-8(5-6)18-10(12)13-7/h3-5H,1-2H3,(H2,12,13)(H,14,15,16). The Kier molecular flexibility index (Phi) is 2.41. The fourth-order valence-corrected chi connectivity index (χ4v) is 2.45. The minimum absolute atomic E-state index is 0.578. The Labute approximate surface area is 107 Å². The fourth-order valence-electron chi connectivity index (χ4n) is 1.67. The van der Waals surface area contributed by atoms with E-state index in [9.17, 15) is 0 Å². The first-order chi connectivity index (χ1) is 8.63. The van der Waals surface area contributed by atoms with Gasteiger partial charge in [-0.3, -0.25) is 5.10 Å². The molecule has 6 nitrogen and oxygen atoms in total. The zero-order valence-electron chi connectivity index (χ0n) is 10.0. The van der Waals surface area contributed by atoms with Crippen LogP contribution in [0.4, 0.5) is 11.1 Å². The van der Waals surface area contributed by atoms with Crippen molar-refractivity contribution in [3.05, 3.63) is 18.2 Å². The van der Waals surface area contributed by atoms with Crippen molar-refractivity contribution in [2.45, 2.75) is 0 Å². The molecule has 3 rings (SSSR count). The number of fused-ring (bicyclic) bond motifs is 1. The van der Waals surface area contributed by atoms with Gasteiger partial charge in [-0.05, 0) is 18.2 Å². The Hall–Kier alpha value is -2.15. The van der Waals surface area contributed by atoms with E-state index in [-0.39, 0.29) is 0 Å². The lowest BCUT2D eigenvalue weighted by molar-refractivity contribution is 0.999. The number of hydrogen-bond acceptors (Lipinski definition) is 6. The second-order valence-corrected chi connectivity index (χ2v) is 5.18. The van der Waals surface area contributed by atoms with Crippen molar-refractivity contribution in [3.63, 3.8) is 0 Å². The molecule has 0 amide bonds. The van der Waals surface area contributed by atoms with Crippen LogP contribution in [0.1, 0.15) is 0 Å². The predicted octanol–water partition coefficient (Wildman–Crippen LogP) is 1.73. The molecule has 0 spiro atoms. The number of hydrogen-bond donors (Lipinski definition) is 2. The molecule has 2 aromatic heterocycles. The second-order valence-electron chi connectivity index (χ2n) is 4.11. The van der Waals surface area contributed by atoms with Crippen LogP contribution >= 0.6 is 11.3 Å². The molecule has 0 atom stereocenters. The van der Waals surface area contributed by atoms with Crippen LogP contribution in [-0.2, 0) is 0 Å². The number of anilines is 2. The van der Waals surface area contributed by atoms with E-state index in [1.807, 2.05) is 37.2 Å². The molecule has 3 N–H and O–H groups in total. The third-order valence-electron chi connectivity index (χ3n) is 2.55. The minimum Gasteiger partial charge on any atom is -0.375 e. The molecule has 0 unspecified atom stereocenters. The lowest BCUT2D eigenvalue weighted by Crippen LogP contribution is -2.10. The first-order valence-corrected chi connectivity index (χ1v) is 6.21.